The van der Waals surface area contributed by atoms with Gasteiger partial charge in [-0.05, 0) is 43.4 Å². The molecule has 1 saturated heterocycles. The van der Waals surface area contributed by atoms with Gasteiger partial charge < -0.3 is 9.47 Å². The molecule has 8 nitrogen and oxygen atoms in total. The van der Waals surface area contributed by atoms with Crippen LogP contribution in [0.5, 0.6) is 5.75 Å². The Kier molecular flexibility index (Phi) is 8.17. The van der Waals surface area contributed by atoms with Crippen LogP contribution in [0.3, 0.4) is 0 Å². The van der Waals surface area contributed by atoms with E-state index in [2.05, 4.69) is 14.5 Å². The zero-order chi connectivity index (χ0) is 21.1. The van der Waals surface area contributed by atoms with Crippen molar-refractivity contribution in [2.75, 3.05) is 51.4 Å². The SMILES string of the molecule is COc1ccc(C)c2sc(N(CCCN3CCOCC3)C(=O)c3snnc3C)nc12.Cl. The Morgan fingerprint density at radius 3 is 2.74 bits per heavy atom. The Hall–Kier alpha value is -1.85. The largest absolute Gasteiger partial charge is 0.494 e. The molecule has 0 atom stereocenters. The number of aromatic nitrogens is 3. The molecule has 31 heavy (non-hydrogen) atoms. The van der Waals surface area contributed by atoms with Gasteiger partial charge in [0.1, 0.15) is 16.1 Å². The van der Waals surface area contributed by atoms with Gasteiger partial charge in [0, 0.05) is 26.2 Å². The maximum Gasteiger partial charge on any atom is 0.273 e. The first-order valence-corrected chi connectivity index (χ1v) is 11.5. The molecule has 0 aliphatic carbocycles. The summed E-state index contributed by atoms with van der Waals surface area (Å²) in [5.41, 5.74) is 2.56. The summed E-state index contributed by atoms with van der Waals surface area (Å²) < 4.78 is 15.9. The van der Waals surface area contributed by atoms with Gasteiger partial charge >= 0.3 is 0 Å². The molecule has 0 bridgehead atoms. The number of rotatable bonds is 7. The summed E-state index contributed by atoms with van der Waals surface area (Å²) in [4.78, 5) is 22.9. The van der Waals surface area contributed by atoms with E-state index in [9.17, 15) is 4.79 Å². The summed E-state index contributed by atoms with van der Waals surface area (Å²) >= 11 is 2.66. The third-order valence-corrected chi connectivity index (χ3v) is 7.22. The molecule has 168 valence electrons. The molecule has 1 amide bonds. The standard InChI is InChI=1S/C20H25N5O3S2.ClH/c1-13-5-6-15(27-3)16-17(13)29-20(21-16)25(19(26)18-14(2)22-23-30-18)8-4-7-24-9-11-28-12-10-24;/h5-6H,4,7-12H2,1-3H3;1H. The second kappa shape index (κ2) is 10.6. The van der Waals surface area contributed by atoms with Gasteiger partial charge in [-0.1, -0.05) is 21.9 Å². The molecule has 3 heterocycles. The fraction of sp³-hybridized carbons (Fsp3) is 0.500. The number of carbonyl (C=O) groups is 1. The zero-order valence-corrected chi connectivity index (χ0v) is 20.2. The van der Waals surface area contributed by atoms with Crippen molar-refractivity contribution in [3.63, 3.8) is 0 Å². The maximum atomic E-state index is 13.4. The number of thiazole rings is 1. The zero-order valence-electron chi connectivity index (χ0n) is 17.8. The number of methoxy groups -OCH3 is 1. The van der Waals surface area contributed by atoms with Crippen molar-refractivity contribution < 1.29 is 14.3 Å². The van der Waals surface area contributed by atoms with Crippen molar-refractivity contribution in [3.05, 3.63) is 28.3 Å². The number of anilines is 1. The lowest BCUT2D eigenvalue weighted by Gasteiger charge is -2.27. The van der Waals surface area contributed by atoms with Crippen LogP contribution in [0.4, 0.5) is 5.13 Å². The number of halogens is 1. The molecule has 2 aromatic heterocycles. The molecule has 1 fully saturated rings. The Balaban J connectivity index is 0.00000272. The number of carbonyl (C=O) groups excluding carboxylic acids is 1. The molecule has 1 aromatic carbocycles. The second-order valence-corrected chi connectivity index (χ2v) is 8.94. The Bertz CT molecular complexity index is 1040. The number of ether oxygens (including phenoxy) is 2. The van der Waals surface area contributed by atoms with Crippen molar-refractivity contribution in [2.45, 2.75) is 20.3 Å². The summed E-state index contributed by atoms with van der Waals surface area (Å²) in [5, 5.41) is 4.69. The van der Waals surface area contributed by atoms with Gasteiger partial charge in [-0.2, -0.15) is 0 Å². The van der Waals surface area contributed by atoms with Crippen LogP contribution in [0.25, 0.3) is 10.2 Å². The van der Waals surface area contributed by atoms with Crippen LogP contribution in [0.1, 0.15) is 27.3 Å². The minimum Gasteiger partial charge on any atom is -0.494 e. The van der Waals surface area contributed by atoms with E-state index in [1.165, 1.54) is 11.3 Å². The molecule has 4 rings (SSSR count). The predicted molar refractivity (Wildman–Crippen MR) is 126 cm³/mol. The van der Waals surface area contributed by atoms with Crippen molar-refractivity contribution in [1.29, 1.82) is 0 Å². The number of nitrogens with zero attached hydrogens (tertiary/aromatic N) is 5. The molecular formula is C20H26ClN5O3S2. The molecule has 0 saturated carbocycles. The van der Waals surface area contributed by atoms with Gasteiger partial charge in [0.25, 0.3) is 5.91 Å². The van der Waals surface area contributed by atoms with Crippen LogP contribution in [0, 0.1) is 13.8 Å². The monoisotopic (exact) mass is 483 g/mol. The van der Waals surface area contributed by atoms with Gasteiger partial charge in [0.15, 0.2) is 5.13 Å². The second-order valence-electron chi connectivity index (χ2n) is 7.21. The van der Waals surface area contributed by atoms with E-state index >= 15 is 0 Å². The van der Waals surface area contributed by atoms with Crippen molar-refractivity contribution in [3.8, 4) is 5.75 Å². The van der Waals surface area contributed by atoms with E-state index in [-0.39, 0.29) is 18.3 Å². The lowest BCUT2D eigenvalue weighted by Crippen LogP contribution is -2.39. The lowest BCUT2D eigenvalue weighted by molar-refractivity contribution is 0.0376. The third-order valence-electron chi connectivity index (χ3n) is 5.19. The van der Waals surface area contributed by atoms with E-state index in [0.717, 1.165) is 72.3 Å². The highest BCUT2D eigenvalue weighted by Crippen LogP contribution is 2.37. The minimum atomic E-state index is -0.0971. The molecule has 11 heteroatoms. The fourth-order valence-electron chi connectivity index (χ4n) is 3.49. The van der Waals surface area contributed by atoms with Crippen LogP contribution >= 0.6 is 35.3 Å². The molecule has 1 aliphatic heterocycles. The average molecular weight is 484 g/mol. The summed E-state index contributed by atoms with van der Waals surface area (Å²) in [5.74, 6) is 0.620. The summed E-state index contributed by atoms with van der Waals surface area (Å²) in [7, 11) is 1.64. The number of fused-ring (bicyclic) bond motifs is 1. The van der Waals surface area contributed by atoms with E-state index in [4.69, 9.17) is 14.5 Å². The van der Waals surface area contributed by atoms with Crippen molar-refractivity contribution in [2.24, 2.45) is 0 Å². The van der Waals surface area contributed by atoms with Gasteiger partial charge in [0.2, 0.25) is 0 Å². The van der Waals surface area contributed by atoms with E-state index < -0.39 is 0 Å². The summed E-state index contributed by atoms with van der Waals surface area (Å²) in [6, 6.07) is 3.94. The average Bonchev–Trinajstić information content (AvgIpc) is 3.39. The molecule has 0 spiro atoms. The van der Waals surface area contributed by atoms with Crippen LogP contribution in [0.2, 0.25) is 0 Å². The maximum absolute atomic E-state index is 13.4. The molecule has 1 aliphatic rings. The predicted octanol–water partition coefficient (Wildman–Crippen LogP) is 3.56. The first kappa shape index (κ1) is 23.8. The molecule has 0 unspecified atom stereocenters. The van der Waals surface area contributed by atoms with Gasteiger partial charge in [0.05, 0.1) is 30.7 Å². The summed E-state index contributed by atoms with van der Waals surface area (Å²) in [6.45, 7) is 8.76. The van der Waals surface area contributed by atoms with Gasteiger partial charge in [-0.25, -0.2) is 4.98 Å². The number of hydrogen-bond donors (Lipinski definition) is 0. The molecule has 0 radical (unpaired) electrons. The highest BCUT2D eigenvalue weighted by Gasteiger charge is 2.26. The number of benzene rings is 1. The first-order valence-electron chi connectivity index (χ1n) is 9.93. The molecular weight excluding hydrogens is 458 g/mol. The van der Waals surface area contributed by atoms with Crippen molar-refractivity contribution in [1.82, 2.24) is 19.5 Å². The number of hydrogen-bond acceptors (Lipinski definition) is 9. The van der Waals surface area contributed by atoms with E-state index in [1.807, 2.05) is 26.0 Å². The van der Waals surface area contributed by atoms with E-state index in [0.29, 0.717) is 22.2 Å². The minimum absolute atomic E-state index is 0. The first-order chi connectivity index (χ1) is 14.6. The van der Waals surface area contributed by atoms with Gasteiger partial charge in [-0.3, -0.25) is 14.6 Å². The highest BCUT2D eigenvalue weighted by molar-refractivity contribution is 7.22. The highest BCUT2D eigenvalue weighted by atomic mass is 35.5. The third kappa shape index (κ3) is 5.15. The van der Waals surface area contributed by atoms with Crippen LogP contribution < -0.4 is 9.64 Å². The smallest absolute Gasteiger partial charge is 0.273 e. The Morgan fingerprint density at radius 1 is 1.29 bits per heavy atom. The Morgan fingerprint density at radius 2 is 2.06 bits per heavy atom. The molecule has 0 N–H and O–H groups in total. The molecule has 3 aromatic rings. The van der Waals surface area contributed by atoms with Gasteiger partial charge in [-0.15, -0.1) is 17.5 Å². The number of morpholine rings is 1. The van der Waals surface area contributed by atoms with Crippen LogP contribution in [0.15, 0.2) is 12.1 Å². The van der Waals surface area contributed by atoms with Crippen LogP contribution in [-0.4, -0.2) is 71.9 Å². The topological polar surface area (TPSA) is 80.7 Å². The quantitative estimate of drug-likeness (QED) is 0.508. The number of amides is 1. The normalized spacial score (nSPS) is 14.4. The summed E-state index contributed by atoms with van der Waals surface area (Å²) in [6.07, 6.45) is 0.850. The lowest BCUT2D eigenvalue weighted by atomic mass is 10.2. The van der Waals surface area contributed by atoms with Crippen LogP contribution in [-0.2, 0) is 4.74 Å². The van der Waals surface area contributed by atoms with Crippen molar-refractivity contribution >= 4 is 56.5 Å². The number of aryl methyl sites for hydroxylation is 2. The van der Waals surface area contributed by atoms with E-state index in [1.54, 1.807) is 12.0 Å². The fourth-order valence-corrected chi connectivity index (χ4v) is 5.17. The Labute approximate surface area is 195 Å².